The zero-order valence-corrected chi connectivity index (χ0v) is 10.6. The number of methoxy groups -OCH3 is 1. The smallest absolute Gasteiger partial charge is 0.124 e. The molecular weight excluding hydrogens is 226 g/mol. The Hall–Kier alpha value is -0.770. The van der Waals surface area contributed by atoms with Crippen molar-refractivity contribution in [2.45, 2.75) is 20.0 Å². The first-order chi connectivity index (χ1) is 7.42. The maximum absolute atomic E-state index is 10.3. The summed E-state index contributed by atoms with van der Waals surface area (Å²) in [7, 11) is 1.56. The standard InChI is InChI=1S/C12H18ClNO2/c1-12(2,7-14)11(15)9-6-8(13)4-5-10(9)16-3/h4-6,11,15H,7,14H2,1-3H3. The van der Waals surface area contributed by atoms with E-state index in [0.29, 0.717) is 22.9 Å². The number of rotatable bonds is 4. The van der Waals surface area contributed by atoms with Gasteiger partial charge in [-0.3, -0.25) is 0 Å². The van der Waals surface area contributed by atoms with E-state index < -0.39 is 11.5 Å². The van der Waals surface area contributed by atoms with Gasteiger partial charge in [0.05, 0.1) is 13.2 Å². The Bertz CT molecular complexity index is 366. The van der Waals surface area contributed by atoms with Crippen LogP contribution < -0.4 is 10.5 Å². The molecule has 0 spiro atoms. The summed E-state index contributed by atoms with van der Waals surface area (Å²) in [6, 6.07) is 5.18. The minimum Gasteiger partial charge on any atom is -0.496 e. The molecule has 3 nitrogen and oxygen atoms in total. The largest absolute Gasteiger partial charge is 0.496 e. The molecule has 0 saturated carbocycles. The molecule has 0 saturated heterocycles. The number of halogens is 1. The van der Waals surface area contributed by atoms with Crippen molar-refractivity contribution < 1.29 is 9.84 Å². The highest BCUT2D eigenvalue weighted by molar-refractivity contribution is 6.30. The van der Waals surface area contributed by atoms with Crippen LogP contribution in [0.5, 0.6) is 5.75 Å². The summed E-state index contributed by atoms with van der Waals surface area (Å²) in [6.07, 6.45) is -0.703. The van der Waals surface area contributed by atoms with Gasteiger partial charge in [0.25, 0.3) is 0 Å². The Morgan fingerprint density at radius 3 is 2.62 bits per heavy atom. The van der Waals surface area contributed by atoms with Crippen LogP contribution in [-0.4, -0.2) is 18.8 Å². The quantitative estimate of drug-likeness (QED) is 0.854. The summed E-state index contributed by atoms with van der Waals surface area (Å²) in [6.45, 7) is 4.18. The molecule has 90 valence electrons. The Balaban J connectivity index is 3.16. The summed E-state index contributed by atoms with van der Waals surface area (Å²) in [5, 5.41) is 10.8. The molecule has 0 bridgehead atoms. The SMILES string of the molecule is COc1ccc(Cl)cc1C(O)C(C)(C)CN. The second-order valence-corrected chi connectivity index (χ2v) is 4.92. The highest BCUT2D eigenvalue weighted by Gasteiger charge is 2.29. The van der Waals surface area contributed by atoms with Crippen LogP contribution in [0.3, 0.4) is 0 Å². The third-order valence-corrected chi connectivity index (χ3v) is 2.99. The minimum absolute atomic E-state index is 0.379. The van der Waals surface area contributed by atoms with Crippen LogP contribution in [0.25, 0.3) is 0 Å². The van der Waals surface area contributed by atoms with Gasteiger partial charge in [-0.1, -0.05) is 25.4 Å². The van der Waals surface area contributed by atoms with Crippen LogP contribution in [0.1, 0.15) is 25.5 Å². The Kier molecular flexibility index (Phi) is 4.19. The average Bonchev–Trinajstić information content (AvgIpc) is 2.28. The number of benzene rings is 1. The van der Waals surface area contributed by atoms with Gasteiger partial charge in [-0.2, -0.15) is 0 Å². The summed E-state index contributed by atoms with van der Waals surface area (Å²) < 4.78 is 5.20. The first-order valence-corrected chi connectivity index (χ1v) is 5.51. The Morgan fingerprint density at radius 1 is 1.50 bits per heavy atom. The van der Waals surface area contributed by atoms with Crippen LogP contribution in [0, 0.1) is 5.41 Å². The molecule has 1 rings (SSSR count). The zero-order valence-electron chi connectivity index (χ0n) is 9.83. The van der Waals surface area contributed by atoms with Crippen molar-refractivity contribution in [3.8, 4) is 5.75 Å². The van der Waals surface area contributed by atoms with Gasteiger partial charge >= 0.3 is 0 Å². The van der Waals surface area contributed by atoms with Gasteiger partial charge in [0.2, 0.25) is 0 Å². The van der Waals surface area contributed by atoms with Crippen molar-refractivity contribution in [3.63, 3.8) is 0 Å². The molecule has 1 unspecified atom stereocenters. The number of ether oxygens (including phenoxy) is 1. The molecule has 0 aliphatic rings. The lowest BCUT2D eigenvalue weighted by Crippen LogP contribution is -2.31. The molecular formula is C12H18ClNO2. The van der Waals surface area contributed by atoms with Crippen molar-refractivity contribution in [1.29, 1.82) is 0 Å². The number of aliphatic hydroxyl groups excluding tert-OH is 1. The highest BCUT2D eigenvalue weighted by atomic mass is 35.5. The van der Waals surface area contributed by atoms with E-state index in [9.17, 15) is 5.11 Å². The number of hydrogen-bond donors (Lipinski definition) is 2. The second-order valence-electron chi connectivity index (χ2n) is 4.48. The van der Waals surface area contributed by atoms with Crippen LogP contribution in [0.2, 0.25) is 5.02 Å². The van der Waals surface area contributed by atoms with Crippen molar-refractivity contribution in [1.82, 2.24) is 0 Å². The number of nitrogens with two attached hydrogens (primary N) is 1. The molecule has 0 radical (unpaired) electrons. The molecule has 0 aliphatic carbocycles. The van der Waals surface area contributed by atoms with Gasteiger partial charge in [-0.05, 0) is 18.2 Å². The molecule has 0 aliphatic heterocycles. The molecule has 1 atom stereocenters. The summed E-state index contributed by atoms with van der Waals surface area (Å²) >= 11 is 5.91. The normalized spacial score (nSPS) is 13.6. The molecule has 0 amide bonds. The van der Waals surface area contributed by atoms with Gasteiger partial charge in [0.15, 0.2) is 0 Å². The summed E-state index contributed by atoms with van der Waals surface area (Å²) in [5.41, 5.74) is 5.89. The van der Waals surface area contributed by atoms with Crippen molar-refractivity contribution in [2.75, 3.05) is 13.7 Å². The lowest BCUT2D eigenvalue weighted by molar-refractivity contribution is 0.0534. The fourth-order valence-electron chi connectivity index (χ4n) is 1.45. The molecule has 3 N–H and O–H groups in total. The molecule has 16 heavy (non-hydrogen) atoms. The number of aliphatic hydroxyl groups is 1. The second kappa shape index (κ2) is 5.04. The Labute approximate surface area is 101 Å². The third-order valence-electron chi connectivity index (χ3n) is 2.75. The van der Waals surface area contributed by atoms with E-state index in [1.807, 2.05) is 13.8 Å². The zero-order chi connectivity index (χ0) is 12.3. The van der Waals surface area contributed by atoms with Crippen molar-refractivity contribution in [3.05, 3.63) is 28.8 Å². The molecule has 1 aromatic rings. The molecule has 4 heteroatoms. The topological polar surface area (TPSA) is 55.5 Å². The molecule has 1 aromatic carbocycles. The van der Waals surface area contributed by atoms with E-state index >= 15 is 0 Å². The van der Waals surface area contributed by atoms with Crippen LogP contribution >= 0.6 is 11.6 Å². The molecule has 0 aromatic heterocycles. The first kappa shape index (κ1) is 13.3. The third kappa shape index (κ3) is 2.67. The maximum atomic E-state index is 10.3. The number of hydrogen-bond acceptors (Lipinski definition) is 3. The maximum Gasteiger partial charge on any atom is 0.124 e. The summed E-state index contributed by atoms with van der Waals surface area (Å²) in [4.78, 5) is 0. The van der Waals surface area contributed by atoms with E-state index in [4.69, 9.17) is 22.1 Å². The highest BCUT2D eigenvalue weighted by Crippen LogP contribution is 2.38. The van der Waals surface area contributed by atoms with Crippen LogP contribution in [0.4, 0.5) is 0 Å². The fraction of sp³-hybridized carbons (Fsp3) is 0.500. The van der Waals surface area contributed by atoms with E-state index in [1.165, 1.54) is 0 Å². The lowest BCUT2D eigenvalue weighted by Gasteiger charge is -2.30. The minimum atomic E-state index is -0.703. The van der Waals surface area contributed by atoms with Crippen LogP contribution in [-0.2, 0) is 0 Å². The van der Waals surface area contributed by atoms with Gasteiger partial charge in [0.1, 0.15) is 5.75 Å². The van der Waals surface area contributed by atoms with Gasteiger partial charge in [-0.15, -0.1) is 0 Å². The van der Waals surface area contributed by atoms with E-state index in [0.717, 1.165) is 0 Å². The van der Waals surface area contributed by atoms with E-state index in [2.05, 4.69) is 0 Å². The van der Waals surface area contributed by atoms with Crippen molar-refractivity contribution in [2.24, 2.45) is 11.1 Å². The lowest BCUT2D eigenvalue weighted by atomic mass is 9.82. The van der Waals surface area contributed by atoms with Gasteiger partial charge in [-0.25, -0.2) is 0 Å². The predicted molar refractivity (Wildman–Crippen MR) is 65.8 cm³/mol. The Morgan fingerprint density at radius 2 is 2.12 bits per heavy atom. The average molecular weight is 244 g/mol. The van der Waals surface area contributed by atoms with Crippen molar-refractivity contribution >= 4 is 11.6 Å². The van der Waals surface area contributed by atoms with E-state index in [1.54, 1.807) is 25.3 Å². The summed E-state index contributed by atoms with van der Waals surface area (Å²) in [5.74, 6) is 0.624. The van der Waals surface area contributed by atoms with Gasteiger partial charge < -0.3 is 15.6 Å². The van der Waals surface area contributed by atoms with Gasteiger partial charge in [0, 0.05) is 22.5 Å². The van der Waals surface area contributed by atoms with Crippen LogP contribution in [0.15, 0.2) is 18.2 Å². The predicted octanol–water partition coefficient (Wildman–Crippen LogP) is 2.37. The first-order valence-electron chi connectivity index (χ1n) is 5.14. The molecule has 0 heterocycles. The molecule has 0 fully saturated rings. The van der Waals surface area contributed by atoms with E-state index in [-0.39, 0.29) is 0 Å². The monoisotopic (exact) mass is 243 g/mol. The fourth-order valence-corrected chi connectivity index (χ4v) is 1.63.